The van der Waals surface area contributed by atoms with E-state index < -0.39 is 0 Å². The lowest BCUT2D eigenvalue weighted by Crippen LogP contribution is -2.21. The summed E-state index contributed by atoms with van der Waals surface area (Å²) in [5.41, 5.74) is 4.52. The number of phenols is 1. The highest BCUT2D eigenvalue weighted by molar-refractivity contribution is 7.99. The number of hydrogen-bond acceptors (Lipinski definition) is 7. The quantitative estimate of drug-likeness (QED) is 0.326. The zero-order valence-corrected chi connectivity index (χ0v) is 17.8. The maximum atomic E-state index is 12.2. The molecule has 0 spiro atoms. The van der Waals surface area contributed by atoms with Gasteiger partial charge in [0.05, 0.1) is 18.6 Å². The number of nitrogens with one attached hydrogen (secondary N) is 1. The number of rotatable bonds is 8. The van der Waals surface area contributed by atoms with Crippen molar-refractivity contribution in [2.75, 3.05) is 12.9 Å². The van der Waals surface area contributed by atoms with Crippen LogP contribution in [0, 0.1) is 0 Å². The number of phenolic OH excluding ortho intramolecular Hbond substituents is 1. The van der Waals surface area contributed by atoms with E-state index >= 15 is 0 Å². The number of hydrogen-bond donors (Lipinski definition) is 2. The molecule has 2 N–H and O–H groups in total. The summed E-state index contributed by atoms with van der Waals surface area (Å²) < 4.78 is 7.14. The average molecular weight is 426 g/mol. The summed E-state index contributed by atoms with van der Waals surface area (Å²) in [6.07, 6.45) is 0. The number of amides is 1. The minimum absolute atomic E-state index is 0.115. The first-order chi connectivity index (χ1) is 14.5. The molecular formula is C21H23N5O3S. The van der Waals surface area contributed by atoms with E-state index in [0.717, 1.165) is 17.1 Å². The number of benzene rings is 2. The number of thioether (sulfide) groups is 1. The molecule has 0 aliphatic heterocycles. The Hall–Kier alpha value is -3.33. The van der Waals surface area contributed by atoms with Crippen molar-refractivity contribution < 1.29 is 14.6 Å². The molecule has 0 aliphatic rings. The van der Waals surface area contributed by atoms with Crippen molar-refractivity contribution >= 4 is 23.4 Å². The van der Waals surface area contributed by atoms with Crippen LogP contribution in [0.4, 0.5) is 0 Å². The van der Waals surface area contributed by atoms with Gasteiger partial charge < -0.3 is 14.4 Å². The first-order valence-electron chi connectivity index (χ1n) is 9.35. The van der Waals surface area contributed by atoms with Gasteiger partial charge in [-0.1, -0.05) is 23.9 Å². The van der Waals surface area contributed by atoms with Crippen LogP contribution in [0.2, 0.25) is 0 Å². The third kappa shape index (κ3) is 4.98. The van der Waals surface area contributed by atoms with E-state index in [1.807, 2.05) is 35.8 Å². The van der Waals surface area contributed by atoms with Crippen molar-refractivity contribution in [3.63, 3.8) is 0 Å². The third-order valence-corrected chi connectivity index (χ3v) is 5.32. The van der Waals surface area contributed by atoms with Crippen LogP contribution in [0.5, 0.6) is 11.5 Å². The summed E-state index contributed by atoms with van der Waals surface area (Å²) in [4.78, 5) is 12.2. The number of aromatic nitrogens is 3. The van der Waals surface area contributed by atoms with Crippen LogP contribution in [0.15, 0.2) is 58.8 Å². The van der Waals surface area contributed by atoms with E-state index in [9.17, 15) is 9.90 Å². The van der Waals surface area contributed by atoms with E-state index in [-0.39, 0.29) is 17.4 Å². The molecule has 1 aromatic heterocycles. The molecule has 0 saturated heterocycles. The number of carbonyl (C=O) groups excluding carboxylic acids is 1. The fraction of sp³-hybridized carbons (Fsp3) is 0.238. The molecule has 1 amide bonds. The Morgan fingerprint density at radius 2 is 1.93 bits per heavy atom. The van der Waals surface area contributed by atoms with Crippen LogP contribution in [-0.2, 0) is 11.3 Å². The molecule has 3 rings (SSSR count). The molecule has 0 unspecified atom stereocenters. The molecular weight excluding hydrogens is 402 g/mol. The highest BCUT2D eigenvalue weighted by Gasteiger charge is 2.15. The Kier molecular flexibility index (Phi) is 7.08. The number of ether oxygens (including phenoxy) is 1. The number of aromatic hydroxyl groups is 1. The minimum atomic E-state index is -0.272. The highest BCUT2D eigenvalue weighted by Crippen LogP contribution is 2.25. The third-order valence-electron chi connectivity index (χ3n) is 4.36. The first-order valence-corrected chi connectivity index (χ1v) is 10.3. The Morgan fingerprint density at radius 3 is 2.60 bits per heavy atom. The fourth-order valence-electron chi connectivity index (χ4n) is 2.78. The molecule has 0 saturated carbocycles. The van der Waals surface area contributed by atoms with Crippen LogP contribution in [0.1, 0.15) is 19.4 Å². The normalized spacial score (nSPS) is 11.4. The lowest BCUT2D eigenvalue weighted by atomic mass is 10.1. The molecule has 0 fully saturated rings. The second kappa shape index (κ2) is 9.93. The molecule has 30 heavy (non-hydrogen) atoms. The van der Waals surface area contributed by atoms with Crippen LogP contribution in [0.25, 0.3) is 11.4 Å². The molecule has 3 aromatic rings. The van der Waals surface area contributed by atoms with Gasteiger partial charge in [-0.3, -0.25) is 4.79 Å². The van der Waals surface area contributed by atoms with Gasteiger partial charge in [-0.05, 0) is 50.2 Å². The molecule has 1 heterocycles. The Morgan fingerprint density at radius 1 is 1.20 bits per heavy atom. The van der Waals surface area contributed by atoms with Crippen molar-refractivity contribution in [3.8, 4) is 22.9 Å². The van der Waals surface area contributed by atoms with Crippen molar-refractivity contribution in [2.24, 2.45) is 5.10 Å². The number of methoxy groups -OCH3 is 1. The van der Waals surface area contributed by atoms with Crippen molar-refractivity contribution in [2.45, 2.75) is 25.5 Å². The highest BCUT2D eigenvalue weighted by atomic mass is 32.2. The standard InChI is InChI=1S/C21H23N5O3S/c1-4-26-20(15-9-11-16(29-3)12-10-15)24-25-21(26)30-13-19(28)23-22-14(2)17-7-5-6-8-18(17)27/h5-12,27H,4,13H2,1-3H3,(H,23,28). The molecule has 2 aromatic carbocycles. The number of carbonyl (C=O) groups is 1. The van der Waals surface area contributed by atoms with Gasteiger partial charge in [-0.15, -0.1) is 10.2 Å². The zero-order valence-electron chi connectivity index (χ0n) is 17.0. The fourth-order valence-corrected chi connectivity index (χ4v) is 3.58. The van der Waals surface area contributed by atoms with Gasteiger partial charge in [-0.2, -0.15) is 5.10 Å². The summed E-state index contributed by atoms with van der Waals surface area (Å²) in [5, 5.41) is 23.1. The molecule has 0 atom stereocenters. The number of nitrogens with zero attached hydrogens (tertiary/aromatic N) is 4. The van der Waals surface area contributed by atoms with Crippen molar-refractivity contribution in [3.05, 3.63) is 54.1 Å². The van der Waals surface area contributed by atoms with Gasteiger partial charge in [0, 0.05) is 17.7 Å². The maximum Gasteiger partial charge on any atom is 0.250 e. The second-order valence-electron chi connectivity index (χ2n) is 6.32. The second-order valence-corrected chi connectivity index (χ2v) is 7.26. The topological polar surface area (TPSA) is 102 Å². The van der Waals surface area contributed by atoms with Gasteiger partial charge in [0.25, 0.3) is 5.91 Å². The average Bonchev–Trinajstić information content (AvgIpc) is 3.19. The summed E-state index contributed by atoms with van der Waals surface area (Å²) in [5.74, 6) is 1.48. The SMILES string of the molecule is CCn1c(SCC(=O)NN=C(C)c2ccccc2O)nnc1-c1ccc(OC)cc1. The van der Waals surface area contributed by atoms with Crippen molar-refractivity contribution in [1.82, 2.24) is 20.2 Å². The zero-order chi connectivity index (χ0) is 21.5. The summed E-state index contributed by atoms with van der Waals surface area (Å²) in [6.45, 7) is 4.39. The smallest absolute Gasteiger partial charge is 0.250 e. The van der Waals surface area contributed by atoms with Crippen LogP contribution < -0.4 is 10.2 Å². The largest absolute Gasteiger partial charge is 0.507 e. The molecule has 0 aliphatic carbocycles. The Labute approximate surface area is 179 Å². The monoisotopic (exact) mass is 425 g/mol. The first kappa shape index (κ1) is 21.4. The summed E-state index contributed by atoms with van der Waals surface area (Å²) in [6, 6.07) is 14.4. The van der Waals surface area contributed by atoms with Gasteiger partial charge in [0.15, 0.2) is 11.0 Å². The van der Waals surface area contributed by atoms with Gasteiger partial charge in [-0.25, -0.2) is 5.43 Å². The van der Waals surface area contributed by atoms with Gasteiger partial charge >= 0.3 is 0 Å². The maximum absolute atomic E-state index is 12.2. The van der Waals surface area contributed by atoms with E-state index in [4.69, 9.17) is 4.74 Å². The molecule has 0 radical (unpaired) electrons. The van der Waals surface area contributed by atoms with E-state index in [0.29, 0.717) is 23.0 Å². The molecule has 0 bridgehead atoms. The van der Waals surface area contributed by atoms with E-state index in [1.165, 1.54) is 11.8 Å². The minimum Gasteiger partial charge on any atom is -0.507 e. The molecule has 156 valence electrons. The summed E-state index contributed by atoms with van der Waals surface area (Å²) >= 11 is 1.29. The predicted octanol–water partition coefficient (Wildman–Crippen LogP) is 3.31. The van der Waals surface area contributed by atoms with Gasteiger partial charge in [0.1, 0.15) is 11.5 Å². The number of para-hydroxylation sites is 1. The van der Waals surface area contributed by atoms with E-state index in [1.54, 1.807) is 38.3 Å². The van der Waals surface area contributed by atoms with E-state index in [2.05, 4.69) is 20.7 Å². The summed E-state index contributed by atoms with van der Waals surface area (Å²) in [7, 11) is 1.62. The lowest BCUT2D eigenvalue weighted by molar-refractivity contribution is -0.118. The number of hydrazone groups is 1. The molecule has 9 heteroatoms. The molecule has 8 nitrogen and oxygen atoms in total. The lowest BCUT2D eigenvalue weighted by Gasteiger charge is -2.08. The van der Waals surface area contributed by atoms with Crippen LogP contribution in [-0.4, -0.2) is 44.4 Å². The van der Waals surface area contributed by atoms with Gasteiger partial charge in [0.2, 0.25) is 0 Å². The predicted molar refractivity (Wildman–Crippen MR) is 117 cm³/mol. The van der Waals surface area contributed by atoms with Crippen LogP contribution in [0.3, 0.4) is 0 Å². The van der Waals surface area contributed by atoms with Crippen LogP contribution >= 0.6 is 11.8 Å². The Bertz CT molecular complexity index is 1050. The Balaban J connectivity index is 1.64. The van der Waals surface area contributed by atoms with Crippen molar-refractivity contribution in [1.29, 1.82) is 0 Å².